The van der Waals surface area contributed by atoms with E-state index in [1.165, 1.54) is 25.1 Å². The maximum Gasteiger partial charge on any atom is 0.418 e. The predicted octanol–water partition coefficient (Wildman–Crippen LogP) is 1.28. The van der Waals surface area contributed by atoms with Gasteiger partial charge >= 0.3 is 6.18 Å². The first-order valence-corrected chi connectivity index (χ1v) is 6.92. The molecule has 0 saturated heterocycles. The number of carbonyl (C=O) groups is 1. The number of hydrogen-bond acceptors (Lipinski definition) is 4. The van der Waals surface area contributed by atoms with E-state index in [-0.39, 0.29) is 24.5 Å². The van der Waals surface area contributed by atoms with Gasteiger partial charge in [-0.3, -0.25) is 9.59 Å². The molecule has 128 valence electrons. The van der Waals surface area contributed by atoms with Crippen LogP contribution in [0.2, 0.25) is 0 Å². The van der Waals surface area contributed by atoms with Crippen LogP contribution in [-0.4, -0.2) is 33.9 Å². The van der Waals surface area contributed by atoms with E-state index in [2.05, 4.69) is 10.4 Å². The van der Waals surface area contributed by atoms with Gasteiger partial charge in [0.2, 0.25) is 5.43 Å². The Balaban J connectivity index is 2.61. The van der Waals surface area contributed by atoms with Gasteiger partial charge in [0.1, 0.15) is 0 Å². The first-order chi connectivity index (χ1) is 11.3. The molecule has 1 heterocycles. The molecule has 0 spiro atoms. The molecular weight excluding hydrogens is 327 g/mol. The number of nitrogens with zero attached hydrogens (tertiary/aromatic N) is 2. The van der Waals surface area contributed by atoms with Crippen LogP contribution in [0.1, 0.15) is 21.7 Å². The van der Waals surface area contributed by atoms with Crippen molar-refractivity contribution in [3.8, 4) is 5.69 Å². The van der Waals surface area contributed by atoms with Crippen molar-refractivity contribution in [2.75, 3.05) is 13.2 Å². The quantitative estimate of drug-likeness (QED) is 0.877. The molecule has 0 aliphatic heterocycles. The van der Waals surface area contributed by atoms with Gasteiger partial charge in [-0.05, 0) is 19.1 Å². The number of aliphatic hydroxyl groups excluding tert-OH is 1. The molecule has 1 aromatic heterocycles. The number of para-hydroxylation sites is 1. The lowest BCUT2D eigenvalue weighted by Crippen LogP contribution is -2.33. The van der Waals surface area contributed by atoms with Crippen LogP contribution in [0.4, 0.5) is 13.2 Å². The molecule has 0 saturated carbocycles. The average molecular weight is 341 g/mol. The van der Waals surface area contributed by atoms with Gasteiger partial charge in [-0.2, -0.15) is 18.3 Å². The zero-order valence-electron chi connectivity index (χ0n) is 12.6. The minimum atomic E-state index is -4.62. The summed E-state index contributed by atoms with van der Waals surface area (Å²) < 4.78 is 40.4. The molecule has 9 heteroatoms. The molecule has 6 nitrogen and oxygen atoms in total. The van der Waals surface area contributed by atoms with Crippen molar-refractivity contribution >= 4 is 5.91 Å². The largest absolute Gasteiger partial charge is 0.418 e. The maximum absolute atomic E-state index is 13.2. The third kappa shape index (κ3) is 3.62. The second kappa shape index (κ2) is 6.83. The van der Waals surface area contributed by atoms with Crippen LogP contribution in [0.25, 0.3) is 5.69 Å². The zero-order chi connectivity index (χ0) is 17.9. The number of aryl methyl sites for hydroxylation is 1. The van der Waals surface area contributed by atoms with Crippen LogP contribution in [0, 0.1) is 6.92 Å². The van der Waals surface area contributed by atoms with Crippen LogP contribution >= 0.6 is 0 Å². The maximum atomic E-state index is 13.2. The summed E-state index contributed by atoms with van der Waals surface area (Å²) in [7, 11) is 0. The highest BCUT2D eigenvalue weighted by Gasteiger charge is 2.34. The van der Waals surface area contributed by atoms with Crippen LogP contribution in [0.15, 0.2) is 35.1 Å². The molecule has 0 bridgehead atoms. The normalized spacial score (nSPS) is 11.4. The SMILES string of the molecule is Cc1cc(=O)c(C(=O)NCCO)nn1-c1ccccc1C(F)(F)F. The smallest absolute Gasteiger partial charge is 0.395 e. The molecule has 2 N–H and O–H groups in total. The first kappa shape index (κ1) is 17.7. The molecule has 0 unspecified atom stereocenters. The standard InChI is InChI=1S/C15H14F3N3O3/c1-9-8-12(23)13(14(24)19-6-7-22)20-21(9)11-5-3-2-4-10(11)15(16,17)18/h2-5,8,22H,6-7H2,1H3,(H,19,24). The number of halogens is 3. The highest BCUT2D eigenvalue weighted by molar-refractivity contribution is 5.92. The van der Waals surface area contributed by atoms with Crippen molar-refractivity contribution in [1.82, 2.24) is 15.1 Å². The number of alkyl halides is 3. The Bertz CT molecular complexity index is 816. The lowest BCUT2D eigenvalue weighted by atomic mass is 10.1. The fraction of sp³-hybridized carbons (Fsp3) is 0.267. The fourth-order valence-corrected chi connectivity index (χ4v) is 2.10. The number of hydrogen-bond donors (Lipinski definition) is 2. The molecule has 0 fully saturated rings. The van der Waals surface area contributed by atoms with E-state index in [4.69, 9.17) is 5.11 Å². The third-order valence-corrected chi connectivity index (χ3v) is 3.16. The first-order valence-electron chi connectivity index (χ1n) is 6.92. The van der Waals surface area contributed by atoms with Crippen LogP contribution in [-0.2, 0) is 6.18 Å². The van der Waals surface area contributed by atoms with Crippen molar-refractivity contribution in [2.45, 2.75) is 13.1 Å². The van der Waals surface area contributed by atoms with Crippen molar-refractivity contribution in [3.05, 3.63) is 57.5 Å². The summed E-state index contributed by atoms with van der Waals surface area (Å²) in [6.07, 6.45) is -4.62. The number of benzene rings is 1. The Labute approximate surface area is 134 Å². The minimum Gasteiger partial charge on any atom is -0.395 e. The van der Waals surface area contributed by atoms with Crippen molar-refractivity contribution in [1.29, 1.82) is 0 Å². The van der Waals surface area contributed by atoms with Crippen molar-refractivity contribution < 1.29 is 23.1 Å². The topological polar surface area (TPSA) is 84.2 Å². The lowest BCUT2D eigenvalue weighted by molar-refractivity contribution is -0.137. The highest BCUT2D eigenvalue weighted by atomic mass is 19.4. The van der Waals surface area contributed by atoms with Gasteiger partial charge < -0.3 is 10.4 Å². The van der Waals surface area contributed by atoms with Crippen LogP contribution in [0.3, 0.4) is 0 Å². The van der Waals surface area contributed by atoms with Gasteiger partial charge in [0.15, 0.2) is 5.69 Å². The number of rotatable bonds is 4. The summed E-state index contributed by atoms with van der Waals surface area (Å²) in [6.45, 7) is 0.965. The molecule has 0 aliphatic carbocycles. The van der Waals surface area contributed by atoms with Gasteiger partial charge in [-0.1, -0.05) is 12.1 Å². The van der Waals surface area contributed by atoms with Gasteiger partial charge in [0.25, 0.3) is 5.91 Å². The van der Waals surface area contributed by atoms with E-state index in [9.17, 15) is 22.8 Å². The van der Waals surface area contributed by atoms with E-state index in [1.807, 2.05) is 0 Å². The molecule has 1 amide bonds. The van der Waals surface area contributed by atoms with Crippen LogP contribution in [0.5, 0.6) is 0 Å². The van der Waals surface area contributed by atoms with E-state index >= 15 is 0 Å². The van der Waals surface area contributed by atoms with E-state index in [0.717, 1.165) is 16.8 Å². The number of amides is 1. The molecule has 2 aromatic rings. The van der Waals surface area contributed by atoms with Crippen LogP contribution < -0.4 is 10.7 Å². The number of carbonyl (C=O) groups excluding carboxylic acids is 1. The van der Waals surface area contributed by atoms with E-state index in [0.29, 0.717) is 0 Å². The second-order valence-electron chi connectivity index (χ2n) is 4.90. The van der Waals surface area contributed by atoms with E-state index in [1.54, 1.807) is 0 Å². The highest BCUT2D eigenvalue weighted by Crippen LogP contribution is 2.33. The van der Waals surface area contributed by atoms with E-state index < -0.39 is 28.8 Å². The predicted molar refractivity (Wildman–Crippen MR) is 79.0 cm³/mol. The second-order valence-corrected chi connectivity index (χ2v) is 4.90. The summed E-state index contributed by atoms with van der Waals surface area (Å²) in [6, 6.07) is 5.76. The summed E-state index contributed by atoms with van der Waals surface area (Å²) in [4.78, 5) is 23.8. The molecule has 0 radical (unpaired) electrons. The third-order valence-electron chi connectivity index (χ3n) is 3.16. The van der Waals surface area contributed by atoms with Gasteiger partial charge in [-0.25, -0.2) is 4.68 Å². The number of aromatic nitrogens is 2. The Hall–Kier alpha value is -2.68. The molecule has 2 rings (SSSR count). The molecule has 24 heavy (non-hydrogen) atoms. The fourth-order valence-electron chi connectivity index (χ4n) is 2.10. The van der Waals surface area contributed by atoms with Crippen molar-refractivity contribution in [3.63, 3.8) is 0 Å². The minimum absolute atomic E-state index is 0.104. The van der Waals surface area contributed by atoms with Gasteiger partial charge in [-0.15, -0.1) is 0 Å². The zero-order valence-corrected chi connectivity index (χ0v) is 12.6. The molecule has 0 atom stereocenters. The Kier molecular flexibility index (Phi) is 5.03. The molecule has 1 aromatic carbocycles. The van der Waals surface area contributed by atoms with Gasteiger partial charge in [0.05, 0.1) is 17.9 Å². The summed E-state index contributed by atoms with van der Waals surface area (Å²) in [5.74, 6) is -0.868. The van der Waals surface area contributed by atoms with Gasteiger partial charge in [0, 0.05) is 18.3 Å². The monoisotopic (exact) mass is 341 g/mol. The number of aliphatic hydroxyl groups is 1. The lowest BCUT2D eigenvalue weighted by Gasteiger charge is -2.16. The Morgan fingerprint density at radius 2 is 2.00 bits per heavy atom. The molecule has 0 aliphatic rings. The Morgan fingerprint density at radius 1 is 1.33 bits per heavy atom. The van der Waals surface area contributed by atoms with Crippen molar-refractivity contribution in [2.24, 2.45) is 0 Å². The summed E-state index contributed by atoms with van der Waals surface area (Å²) in [5.41, 5.74) is -2.35. The Morgan fingerprint density at radius 3 is 2.62 bits per heavy atom. The molecular formula is C15H14F3N3O3. The number of nitrogens with one attached hydrogen (secondary N) is 1. The summed E-state index contributed by atoms with van der Waals surface area (Å²) in [5, 5.41) is 14.7. The average Bonchev–Trinajstić information content (AvgIpc) is 2.52. The summed E-state index contributed by atoms with van der Waals surface area (Å²) >= 11 is 0.